The first-order chi connectivity index (χ1) is 11.3. The van der Waals surface area contributed by atoms with Crippen LogP contribution in [0.1, 0.15) is 46.5 Å². The van der Waals surface area contributed by atoms with Gasteiger partial charge in [0, 0.05) is 13.1 Å². The third-order valence-electron chi connectivity index (χ3n) is 2.75. The molecule has 0 aromatic rings. The van der Waals surface area contributed by atoms with E-state index in [2.05, 4.69) is 0 Å². The summed E-state index contributed by atoms with van der Waals surface area (Å²) in [6.07, 6.45) is -4.13. The Kier molecular flexibility index (Phi) is 11.9. The highest BCUT2D eigenvalue weighted by Crippen LogP contribution is 2.44. The summed E-state index contributed by atoms with van der Waals surface area (Å²) in [5, 5.41) is 10.4. The molecule has 0 aromatic heterocycles. The Bertz CT molecular complexity index is 399. The van der Waals surface area contributed by atoms with Crippen LogP contribution in [0.5, 0.6) is 0 Å². The number of hydrogen-bond donors (Lipinski definition) is 1. The number of amides is 1. The van der Waals surface area contributed by atoms with Crippen molar-refractivity contribution in [1.82, 2.24) is 9.99 Å². The molecule has 0 saturated carbocycles. The molecule has 0 bridgehead atoms. The van der Waals surface area contributed by atoms with Gasteiger partial charge in [0.1, 0.15) is 6.23 Å². The second-order valence-corrected chi connectivity index (χ2v) is 6.42. The van der Waals surface area contributed by atoms with Gasteiger partial charge < -0.3 is 9.84 Å². The standard InChI is InChI=1S/C14H25F3N3O3P/c1-4-9-20(10-5-2)24(22-11-7-8-18)23-12(6-3)19-13(21)14(15,16)17/h12H,4-7,9-11H2,1-3H3,(H,19,21). The van der Waals surface area contributed by atoms with Crippen LogP contribution in [-0.2, 0) is 13.8 Å². The predicted octanol–water partition coefficient (Wildman–Crippen LogP) is 3.70. The molecule has 0 fully saturated rings. The lowest BCUT2D eigenvalue weighted by molar-refractivity contribution is -0.176. The normalized spacial score (nSPS) is 14.2. The number of halogens is 3. The van der Waals surface area contributed by atoms with Crippen LogP contribution in [0.2, 0.25) is 0 Å². The molecule has 6 nitrogen and oxygen atoms in total. The lowest BCUT2D eigenvalue weighted by atomic mass is 10.4. The zero-order chi connectivity index (χ0) is 18.6. The summed E-state index contributed by atoms with van der Waals surface area (Å²) < 4.78 is 50.2. The molecule has 0 aromatic carbocycles. The molecule has 0 radical (unpaired) electrons. The van der Waals surface area contributed by atoms with E-state index in [4.69, 9.17) is 14.3 Å². The zero-order valence-electron chi connectivity index (χ0n) is 14.2. The highest BCUT2D eigenvalue weighted by Gasteiger charge is 2.40. The summed E-state index contributed by atoms with van der Waals surface area (Å²) in [6, 6.07) is 1.94. The largest absolute Gasteiger partial charge is 0.471 e. The Labute approximate surface area is 142 Å². The number of nitriles is 1. The maximum absolute atomic E-state index is 12.4. The molecule has 0 rings (SSSR count). The number of nitrogens with zero attached hydrogens (tertiary/aromatic N) is 2. The third kappa shape index (κ3) is 9.38. The van der Waals surface area contributed by atoms with E-state index in [1.165, 1.54) is 0 Å². The first kappa shape index (κ1) is 23.1. The Morgan fingerprint density at radius 2 is 1.88 bits per heavy atom. The van der Waals surface area contributed by atoms with Crippen LogP contribution in [0.3, 0.4) is 0 Å². The second-order valence-electron chi connectivity index (χ2n) is 4.91. The molecule has 0 aliphatic heterocycles. The van der Waals surface area contributed by atoms with Gasteiger partial charge >= 0.3 is 12.1 Å². The van der Waals surface area contributed by atoms with Crippen molar-refractivity contribution in [3.63, 3.8) is 0 Å². The Morgan fingerprint density at radius 3 is 2.29 bits per heavy atom. The van der Waals surface area contributed by atoms with Crippen molar-refractivity contribution >= 4 is 14.4 Å². The lowest BCUT2D eigenvalue weighted by Gasteiger charge is -2.32. The summed E-state index contributed by atoms with van der Waals surface area (Å²) in [7, 11) is -1.66. The summed E-state index contributed by atoms with van der Waals surface area (Å²) in [4.78, 5) is 11.1. The monoisotopic (exact) mass is 371 g/mol. The fourth-order valence-corrected chi connectivity index (χ4v) is 3.43. The fraction of sp³-hybridized carbons (Fsp3) is 0.857. The Morgan fingerprint density at radius 1 is 1.29 bits per heavy atom. The predicted molar refractivity (Wildman–Crippen MR) is 84.6 cm³/mol. The molecule has 0 aliphatic carbocycles. The molecule has 1 amide bonds. The van der Waals surface area contributed by atoms with E-state index in [0.29, 0.717) is 13.1 Å². The molecule has 2 atom stereocenters. The minimum Gasteiger partial charge on any atom is -0.322 e. The Hall–Kier alpha value is -0.940. The quantitative estimate of drug-likeness (QED) is 0.322. The van der Waals surface area contributed by atoms with Gasteiger partial charge in [-0.3, -0.25) is 9.32 Å². The van der Waals surface area contributed by atoms with Crippen molar-refractivity contribution in [3.8, 4) is 6.07 Å². The zero-order valence-corrected chi connectivity index (χ0v) is 15.1. The third-order valence-corrected chi connectivity index (χ3v) is 4.45. The van der Waals surface area contributed by atoms with Gasteiger partial charge in [-0.25, -0.2) is 4.67 Å². The van der Waals surface area contributed by atoms with Gasteiger partial charge in [0.2, 0.25) is 0 Å². The van der Waals surface area contributed by atoms with E-state index in [9.17, 15) is 18.0 Å². The fourth-order valence-electron chi connectivity index (χ4n) is 1.68. The molecule has 10 heteroatoms. The van der Waals surface area contributed by atoms with Crippen LogP contribution >= 0.6 is 8.53 Å². The highest BCUT2D eigenvalue weighted by molar-refractivity contribution is 7.44. The highest BCUT2D eigenvalue weighted by atomic mass is 31.2. The molecule has 140 valence electrons. The van der Waals surface area contributed by atoms with Crippen LogP contribution in [0.25, 0.3) is 0 Å². The van der Waals surface area contributed by atoms with Crippen LogP contribution < -0.4 is 5.32 Å². The average molecular weight is 371 g/mol. The van der Waals surface area contributed by atoms with E-state index >= 15 is 0 Å². The minimum absolute atomic E-state index is 0.121. The van der Waals surface area contributed by atoms with E-state index in [-0.39, 0.29) is 19.4 Å². The van der Waals surface area contributed by atoms with Crippen molar-refractivity contribution in [2.45, 2.75) is 58.9 Å². The van der Waals surface area contributed by atoms with Crippen LogP contribution in [0.4, 0.5) is 13.2 Å². The average Bonchev–Trinajstić information content (AvgIpc) is 2.51. The van der Waals surface area contributed by atoms with Crippen molar-refractivity contribution in [1.29, 1.82) is 5.26 Å². The Balaban J connectivity index is 4.96. The molecule has 1 N–H and O–H groups in total. The van der Waals surface area contributed by atoms with Gasteiger partial charge in [0.15, 0.2) is 0 Å². The smallest absolute Gasteiger partial charge is 0.322 e. The summed E-state index contributed by atoms with van der Waals surface area (Å²) in [6.45, 7) is 6.96. The number of alkyl halides is 3. The van der Waals surface area contributed by atoms with Gasteiger partial charge in [-0.1, -0.05) is 20.8 Å². The van der Waals surface area contributed by atoms with Crippen LogP contribution in [0, 0.1) is 11.3 Å². The summed E-state index contributed by atoms with van der Waals surface area (Å²) >= 11 is 0. The topological polar surface area (TPSA) is 74.6 Å². The molecule has 0 spiro atoms. The van der Waals surface area contributed by atoms with Crippen LogP contribution in [0.15, 0.2) is 0 Å². The van der Waals surface area contributed by atoms with E-state index in [1.807, 2.05) is 29.9 Å². The number of carbonyl (C=O) groups excluding carboxylic acids is 1. The van der Waals surface area contributed by atoms with Crippen molar-refractivity contribution in [3.05, 3.63) is 0 Å². The minimum atomic E-state index is -4.96. The number of hydrogen-bond acceptors (Lipinski definition) is 5. The number of nitrogens with one attached hydrogen (secondary N) is 1. The maximum Gasteiger partial charge on any atom is 0.471 e. The first-order valence-electron chi connectivity index (χ1n) is 7.89. The van der Waals surface area contributed by atoms with Crippen molar-refractivity contribution < 1.29 is 27.0 Å². The molecule has 2 unspecified atom stereocenters. The van der Waals surface area contributed by atoms with Gasteiger partial charge in [-0.2, -0.15) is 18.4 Å². The molecular weight excluding hydrogens is 346 g/mol. The summed E-state index contributed by atoms with van der Waals surface area (Å²) in [5.74, 6) is -2.04. The molecule has 0 heterocycles. The van der Waals surface area contributed by atoms with Gasteiger partial charge in [0.05, 0.1) is 19.1 Å². The molecular formula is C14H25F3N3O3P. The maximum atomic E-state index is 12.4. The number of rotatable bonds is 12. The van der Waals surface area contributed by atoms with Gasteiger partial charge in [-0.05, 0) is 19.3 Å². The molecule has 0 aliphatic rings. The SMILES string of the molecule is CCCN(CCC)P(OCCC#N)OC(CC)NC(=O)C(F)(F)F. The van der Waals surface area contributed by atoms with Crippen molar-refractivity contribution in [2.24, 2.45) is 0 Å². The number of carbonyl (C=O) groups is 1. The van der Waals surface area contributed by atoms with Crippen LogP contribution in [-0.4, -0.2) is 42.7 Å². The molecule has 0 saturated heterocycles. The van der Waals surface area contributed by atoms with Gasteiger partial charge in [0.25, 0.3) is 8.53 Å². The van der Waals surface area contributed by atoms with E-state index < -0.39 is 26.8 Å². The van der Waals surface area contributed by atoms with E-state index in [0.717, 1.165) is 12.8 Å². The molecule has 24 heavy (non-hydrogen) atoms. The lowest BCUT2D eigenvalue weighted by Crippen LogP contribution is -2.44. The second kappa shape index (κ2) is 12.4. The van der Waals surface area contributed by atoms with E-state index in [1.54, 1.807) is 6.92 Å². The summed E-state index contributed by atoms with van der Waals surface area (Å²) in [5.41, 5.74) is 0. The first-order valence-corrected chi connectivity index (χ1v) is 9.02. The van der Waals surface area contributed by atoms with Crippen molar-refractivity contribution in [2.75, 3.05) is 19.7 Å². The van der Waals surface area contributed by atoms with Gasteiger partial charge in [-0.15, -0.1) is 0 Å².